The quantitative estimate of drug-likeness (QED) is 0.627. The molecule has 7 heteroatoms. The largest absolute Gasteiger partial charge is 0.503 e. The van der Waals surface area contributed by atoms with Crippen molar-refractivity contribution in [1.29, 1.82) is 0 Å². The van der Waals surface area contributed by atoms with E-state index in [4.69, 9.17) is 0 Å². The molecule has 0 aromatic heterocycles. The van der Waals surface area contributed by atoms with Crippen LogP contribution in [-0.2, 0) is 9.59 Å². The van der Waals surface area contributed by atoms with Crippen molar-refractivity contribution in [2.75, 3.05) is 0 Å². The lowest BCUT2D eigenvalue weighted by Gasteiger charge is -2.13. The molecule has 98 valence electrons. The number of hydrogen-bond acceptors (Lipinski definition) is 5. The first-order chi connectivity index (χ1) is 8.93. The zero-order valence-corrected chi connectivity index (χ0v) is 9.91. The third kappa shape index (κ3) is 2.05. The Morgan fingerprint density at radius 2 is 2.05 bits per heavy atom. The number of hydrogen-bond donors (Lipinski definition) is 2. The summed E-state index contributed by atoms with van der Waals surface area (Å²) in [6.45, 7) is 1.19. The van der Waals surface area contributed by atoms with E-state index in [0.717, 1.165) is 0 Å². The van der Waals surface area contributed by atoms with Crippen molar-refractivity contribution in [1.82, 2.24) is 5.32 Å². The van der Waals surface area contributed by atoms with Crippen molar-refractivity contribution in [3.63, 3.8) is 0 Å². The first-order valence-corrected chi connectivity index (χ1v) is 5.41. The van der Waals surface area contributed by atoms with E-state index in [1.54, 1.807) is 6.07 Å². The number of amides is 1. The van der Waals surface area contributed by atoms with Gasteiger partial charge < -0.3 is 10.4 Å². The van der Waals surface area contributed by atoms with Gasteiger partial charge in [-0.05, 0) is 13.0 Å². The summed E-state index contributed by atoms with van der Waals surface area (Å²) in [5, 5.41) is 22.9. The summed E-state index contributed by atoms with van der Waals surface area (Å²) in [5.74, 6) is -2.01. The molecule has 1 aliphatic heterocycles. The highest BCUT2D eigenvalue weighted by molar-refractivity contribution is 6.08. The molecule has 0 saturated carbocycles. The number of nitro groups is 1. The zero-order valence-electron chi connectivity index (χ0n) is 9.91. The Morgan fingerprint density at radius 1 is 1.42 bits per heavy atom. The van der Waals surface area contributed by atoms with Crippen LogP contribution in [0.15, 0.2) is 35.6 Å². The van der Waals surface area contributed by atoms with Crippen LogP contribution in [0.3, 0.4) is 0 Å². The molecule has 0 fully saturated rings. The lowest BCUT2D eigenvalue weighted by atomic mass is 9.96. The number of aliphatic hydroxyl groups excluding tert-OH is 1. The third-order valence-electron chi connectivity index (χ3n) is 2.86. The number of nitrogens with one attached hydrogen (secondary N) is 1. The van der Waals surface area contributed by atoms with Gasteiger partial charge in [-0.25, -0.2) is 0 Å². The van der Waals surface area contributed by atoms with Crippen LogP contribution < -0.4 is 5.32 Å². The van der Waals surface area contributed by atoms with Crippen molar-refractivity contribution in [2.45, 2.75) is 13.0 Å². The van der Waals surface area contributed by atoms with Gasteiger partial charge in [-0.2, -0.15) is 0 Å². The maximum atomic E-state index is 11.5. The molecule has 0 bridgehead atoms. The number of rotatable bonds is 3. The minimum atomic E-state index is -0.994. The zero-order chi connectivity index (χ0) is 14.2. The number of Topliss-reactive ketones (excluding diaryl/α,β-unsaturated/α-hetero) is 1. The highest BCUT2D eigenvalue weighted by Crippen LogP contribution is 2.34. The smallest absolute Gasteiger partial charge is 0.287 e. The molecular formula is C12H10N2O5. The first-order valence-electron chi connectivity index (χ1n) is 5.41. The summed E-state index contributed by atoms with van der Waals surface area (Å²) in [7, 11) is 0. The molecule has 1 amide bonds. The van der Waals surface area contributed by atoms with E-state index in [1.807, 2.05) is 0 Å². The fraction of sp³-hybridized carbons (Fsp3) is 0.167. The summed E-state index contributed by atoms with van der Waals surface area (Å²) in [6, 6.07) is 4.75. The average Bonchev–Trinajstić information content (AvgIpc) is 2.65. The minimum absolute atomic E-state index is 0.153. The minimum Gasteiger partial charge on any atom is -0.503 e. The third-order valence-corrected chi connectivity index (χ3v) is 2.86. The normalized spacial score (nSPS) is 18.4. The monoisotopic (exact) mass is 262 g/mol. The van der Waals surface area contributed by atoms with Crippen LogP contribution in [-0.4, -0.2) is 21.7 Å². The van der Waals surface area contributed by atoms with E-state index in [2.05, 4.69) is 5.32 Å². The van der Waals surface area contributed by atoms with Gasteiger partial charge in [0.2, 0.25) is 0 Å². The highest BCUT2D eigenvalue weighted by atomic mass is 16.6. The maximum absolute atomic E-state index is 11.5. The molecule has 0 saturated heterocycles. The number of para-hydroxylation sites is 1. The molecule has 19 heavy (non-hydrogen) atoms. The second kappa shape index (κ2) is 4.52. The van der Waals surface area contributed by atoms with E-state index in [-0.39, 0.29) is 16.8 Å². The van der Waals surface area contributed by atoms with Crippen LogP contribution in [0.1, 0.15) is 18.5 Å². The van der Waals surface area contributed by atoms with Crippen LogP contribution in [0.4, 0.5) is 5.69 Å². The van der Waals surface area contributed by atoms with Crippen LogP contribution in [0.5, 0.6) is 0 Å². The number of nitro benzene ring substituents is 1. The number of carbonyl (C=O) groups excluding carboxylic acids is 2. The van der Waals surface area contributed by atoms with Gasteiger partial charge in [-0.3, -0.25) is 19.7 Å². The summed E-state index contributed by atoms with van der Waals surface area (Å²) in [4.78, 5) is 33.2. The predicted octanol–water partition coefficient (Wildman–Crippen LogP) is 1.17. The van der Waals surface area contributed by atoms with Gasteiger partial charge in [0.05, 0.1) is 22.1 Å². The summed E-state index contributed by atoms with van der Waals surface area (Å²) in [6.07, 6.45) is 0. The van der Waals surface area contributed by atoms with E-state index >= 15 is 0 Å². The first kappa shape index (κ1) is 12.7. The van der Waals surface area contributed by atoms with Crippen molar-refractivity contribution in [3.8, 4) is 0 Å². The number of ketones is 1. The van der Waals surface area contributed by atoms with Gasteiger partial charge >= 0.3 is 0 Å². The molecule has 1 atom stereocenters. The van der Waals surface area contributed by atoms with E-state index < -0.39 is 28.4 Å². The Balaban J connectivity index is 2.58. The van der Waals surface area contributed by atoms with Gasteiger partial charge in [0.1, 0.15) is 0 Å². The average molecular weight is 262 g/mol. The maximum Gasteiger partial charge on any atom is 0.287 e. The van der Waals surface area contributed by atoms with E-state index in [9.17, 15) is 24.8 Å². The molecule has 1 aliphatic rings. The van der Waals surface area contributed by atoms with Crippen molar-refractivity contribution in [3.05, 3.63) is 51.3 Å². The standard InChI is InChI=1S/C12H10N2O5/c1-6(15)9-10(13-12(17)11(9)16)7-4-2-3-5-8(7)14(18)19/h2-5,10,16H,1H3,(H,13,17). The Hall–Kier alpha value is -2.70. The van der Waals surface area contributed by atoms with Gasteiger partial charge in [0.15, 0.2) is 11.5 Å². The van der Waals surface area contributed by atoms with Gasteiger partial charge in [0, 0.05) is 6.07 Å². The lowest BCUT2D eigenvalue weighted by molar-refractivity contribution is -0.385. The van der Waals surface area contributed by atoms with Gasteiger partial charge in [-0.1, -0.05) is 12.1 Å². The van der Waals surface area contributed by atoms with E-state index in [1.165, 1.54) is 25.1 Å². The molecule has 7 nitrogen and oxygen atoms in total. The molecule has 2 N–H and O–H groups in total. The molecule has 2 rings (SSSR count). The Bertz CT molecular complexity index is 620. The Labute approximate surface area is 107 Å². The molecule has 1 unspecified atom stereocenters. The molecule has 1 aromatic carbocycles. The molecule has 0 aliphatic carbocycles. The van der Waals surface area contributed by atoms with Crippen LogP contribution in [0.2, 0.25) is 0 Å². The SMILES string of the molecule is CC(=O)C1=C(O)C(=O)NC1c1ccccc1[N+](=O)[O-]. The number of nitrogens with zero attached hydrogens (tertiary/aromatic N) is 1. The molecule has 0 spiro atoms. The molecule has 1 heterocycles. The molecule has 1 aromatic rings. The Kier molecular flexibility index (Phi) is 3.04. The summed E-state index contributed by atoms with van der Waals surface area (Å²) in [5.41, 5.74) is -0.212. The second-order valence-electron chi connectivity index (χ2n) is 4.04. The van der Waals surface area contributed by atoms with Crippen molar-refractivity contribution >= 4 is 17.4 Å². The van der Waals surface area contributed by atoms with Gasteiger partial charge in [-0.15, -0.1) is 0 Å². The van der Waals surface area contributed by atoms with Crippen LogP contribution in [0.25, 0.3) is 0 Å². The fourth-order valence-corrected chi connectivity index (χ4v) is 2.03. The fourth-order valence-electron chi connectivity index (χ4n) is 2.03. The highest BCUT2D eigenvalue weighted by Gasteiger charge is 2.38. The molecular weight excluding hydrogens is 252 g/mol. The number of benzene rings is 1. The van der Waals surface area contributed by atoms with Crippen molar-refractivity contribution in [2.24, 2.45) is 0 Å². The number of carbonyl (C=O) groups is 2. The summed E-state index contributed by atoms with van der Waals surface area (Å²) >= 11 is 0. The summed E-state index contributed by atoms with van der Waals surface area (Å²) < 4.78 is 0. The van der Waals surface area contributed by atoms with Crippen molar-refractivity contribution < 1.29 is 19.6 Å². The van der Waals surface area contributed by atoms with Crippen LogP contribution >= 0.6 is 0 Å². The Morgan fingerprint density at radius 3 is 2.63 bits per heavy atom. The van der Waals surface area contributed by atoms with Crippen LogP contribution in [0, 0.1) is 10.1 Å². The lowest BCUT2D eigenvalue weighted by Crippen LogP contribution is -2.23. The number of aliphatic hydroxyl groups is 1. The predicted molar refractivity (Wildman–Crippen MR) is 64.3 cm³/mol. The molecule has 0 radical (unpaired) electrons. The topological polar surface area (TPSA) is 110 Å². The van der Waals surface area contributed by atoms with Gasteiger partial charge in [0.25, 0.3) is 11.6 Å². The second-order valence-corrected chi connectivity index (χ2v) is 4.04. The van der Waals surface area contributed by atoms with E-state index in [0.29, 0.717) is 0 Å².